The number of nitrogens with zero attached hydrogens (tertiary/aromatic N) is 1. The predicted octanol–water partition coefficient (Wildman–Crippen LogP) is 0.665. The van der Waals surface area contributed by atoms with E-state index in [1.165, 1.54) is 12.3 Å². The number of aromatic nitrogens is 1. The molecule has 0 amide bonds. The highest BCUT2D eigenvalue weighted by Gasteiger charge is 2.11. The molecule has 0 fully saturated rings. The molecule has 1 aromatic rings. The van der Waals surface area contributed by atoms with Crippen molar-refractivity contribution in [2.45, 2.75) is 0 Å². The summed E-state index contributed by atoms with van der Waals surface area (Å²) in [5.74, 6) is 1.01. The number of ether oxygens (including phenoxy) is 2. The van der Waals surface area contributed by atoms with Crippen LogP contribution in [-0.4, -0.2) is 24.5 Å². The summed E-state index contributed by atoms with van der Waals surface area (Å²) in [5, 5.41) is 0. The molecule has 2 rings (SSSR count). The van der Waals surface area contributed by atoms with Crippen molar-refractivity contribution >= 4 is 6.26 Å². The van der Waals surface area contributed by atoms with Crippen molar-refractivity contribution in [3.8, 4) is 11.5 Å². The van der Waals surface area contributed by atoms with Crippen molar-refractivity contribution in [2.24, 2.45) is 0 Å². The predicted molar refractivity (Wildman–Crippen MR) is 40.6 cm³/mol. The summed E-state index contributed by atoms with van der Waals surface area (Å²) < 4.78 is 17.3. The fourth-order valence-electron chi connectivity index (χ4n) is 1.00. The van der Waals surface area contributed by atoms with E-state index in [1.807, 2.05) is 0 Å². The van der Waals surface area contributed by atoms with Crippen LogP contribution in [0.2, 0.25) is 0 Å². The molecule has 4 nitrogen and oxygen atoms in total. The Hall–Kier alpha value is -1.58. The molecule has 1 aliphatic rings. The second-order valence-corrected chi connectivity index (χ2v) is 2.32. The van der Waals surface area contributed by atoms with Gasteiger partial charge in [-0.3, -0.25) is 4.79 Å². The van der Waals surface area contributed by atoms with E-state index in [4.69, 9.17) is 10.8 Å². The molecule has 2 heterocycles. The van der Waals surface area contributed by atoms with Gasteiger partial charge >= 0.3 is 0 Å². The Morgan fingerprint density at radius 2 is 2.25 bits per heavy atom. The van der Waals surface area contributed by atoms with Gasteiger partial charge in [-0.05, 0) is 0 Å². The highest BCUT2D eigenvalue weighted by molar-refractivity contribution is 5.73. The van der Waals surface area contributed by atoms with Crippen LogP contribution in [0.25, 0.3) is 0 Å². The summed E-state index contributed by atoms with van der Waals surface area (Å²) in [4.78, 5) is 14.4. The molecular formula is C8H7NO3. The van der Waals surface area contributed by atoms with Gasteiger partial charge in [-0.1, -0.05) is 0 Å². The summed E-state index contributed by atoms with van der Waals surface area (Å²) in [6.45, 7) is 0.950. The molecule has 0 saturated carbocycles. The Morgan fingerprint density at radius 3 is 3.00 bits per heavy atom. The van der Waals surface area contributed by atoms with Gasteiger partial charge in [0.05, 0.1) is 6.20 Å². The lowest BCUT2D eigenvalue weighted by atomic mass is 10.3. The largest absolute Gasteiger partial charge is 0.486 e. The molecule has 1 aliphatic heterocycles. The van der Waals surface area contributed by atoms with Crippen LogP contribution in [0.3, 0.4) is 0 Å². The van der Waals surface area contributed by atoms with Gasteiger partial charge in [0.25, 0.3) is 0 Å². The number of fused-ring (bicyclic) bond motifs is 1. The number of rotatable bonds is 1. The zero-order valence-electron chi connectivity index (χ0n) is 7.24. The van der Waals surface area contributed by atoms with Gasteiger partial charge in [0.1, 0.15) is 20.3 Å². The third-order valence-electron chi connectivity index (χ3n) is 1.53. The summed E-state index contributed by atoms with van der Waals surface area (Å²) >= 11 is 0. The number of pyridine rings is 1. The normalized spacial score (nSPS) is 15.2. The average Bonchev–Trinajstić information content (AvgIpc) is 2.17. The van der Waals surface area contributed by atoms with Gasteiger partial charge in [-0.25, -0.2) is 4.98 Å². The van der Waals surface area contributed by atoms with E-state index in [0.717, 1.165) is 0 Å². The van der Waals surface area contributed by atoms with Crippen LogP contribution < -0.4 is 9.47 Å². The van der Waals surface area contributed by atoms with Crippen LogP contribution in [0.1, 0.15) is 11.9 Å². The fourth-order valence-corrected chi connectivity index (χ4v) is 1.00. The van der Waals surface area contributed by atoms with Crippen molar-refractivity contribution in [1.82, 2.24) is 4.98 Å². The SMILES string of the molecule is [2H]C(=O)c1cc2c(cn1)OCCO2. The Kier molecular flexibility index (Phi) is 1.40. The Morgan fingerprint density at radius 1 is 1.50 bits per heavy atom. The zero-order valence-corrected chi connectivity index (χ0v) is 6.24. The molecule has 4 heteroatoms. The number of carbonyl (C=O) groups is 1. The molecular weight excluding hydrogens is 158 g/mol. The molecule has 0 aromatic carbocycles. The van der Waals surface area contributed by atoms with E-state index in [0.29, 0.717) is 24.7 Å². The second-order valence-electron chi connectivity index (χ2n) is 2.32. The maximum Gasteiger partial charge on any atom is 0.179 e. The first-order chi connectivity index (χ1) is 6.27. The molecule has 0 radical (unpaired) electrons. The number of carbonyl (C=O) groups excluding carboxylic acids is 1. The van der Waals surface area contributed by atoms with Gasteiger partial charge in [-0.2, -0.15) is 0 Å². The van der Waals surface area contributed by atoms with Crippen LogP contribution >= 0.6 is 0 Å². The summed E-state index contributed by atoms with van der Waals surface area (Å²) in [7, 11) is 0. The topological polar surface area (TPSA) is 48.4 Å². The lowest BCUT2D eigenvalue weighted by Crippen LogP contribution is -2.15. The minimum Gasteiger partial charge on any atom is -0.486 e. The number of aldehydes is 1. The lowest BCUT2D eigenvalue weighted by molar-refractivity contribution is 0.111. The van der Waals surface area contributed by atoms with Crippen molar-refractivity contribution < 1.29 is 15.6 Å². The molecule has 0 aliphatic carbocycles. The fraction of sp³-hybridized carbons (Fsp3) is 0.250. The highest BCUT2D eigenvalue weighted by atomic mass is 16.6. The third kappa shape index (κ3) is 1.11. The van der Waals surface area contributed by atoms with Crippen molar-refractivity contribution in [3.63, 3.8) is 0 Å². The van der Waals surface area contributed by atoms with Crippen molar-refractivity contribution in [3.05, 3.63) is 18.0 Å². The maximum atomic E-state index is 10.6. The number of hydrogen-bond acceptors (Lipinski definition) is 4. The van der Waals surface area contributed by atoms with Crippen LogP contribution in [-0.2, 0) is 0 Å². The molecule has 12 heavy (non-hydrogen) atoms. The Balaban J connectivity index is 2.40. The van der Waals surface area contributed by atoms with E-state index in [9.17, 15) is 4.79 Å². The zero-order chi connectivity index (χ0) is 9.26. The van der Waals surface area contributed by atoms with Crippen LogP contribution in [0.15, 0.2) is 12.3 Å². The molecule has 62 valence electrons. The molecule has 0 N–H and O–H groups in total. The average molecular weight is 166 g/mol. The third-order valence-corrected chi connectivity index (χ3v) is 1.53. The summed E-state index contributed by atoms with van der Waals surface area (Å²) in [5.41, 5.74) is 0.0734. The van der Waals surface area contributed by atoms with Gasteiger partial charge in [-0.15, -0.1) is 0 Å². The molecule has 0 saturated heterocycles. The molecule has 0 spiro atoms. The van der Waals surface area contributed by atoms with Gasteiger partial charge in [0.15, 0.2) is 17.8 Å². The van der Waals surface area contributed by atoms with Crippen LogP contribution in [0, 0.1) is 0 Å². The Bertz CT molecular complexity index is 353. The van der Waals surface area contributed by atoms with Crippen LogP contribution in [0.4, 0.5) is 0 Å². The smallest absolute Gasteiger partial charge is 0.179 e. The van der Waals surface area contributed by atoms with Gasteiger partial charge < -0.3 is 9.47 Å². The molecule has 0 bridgehead atoms. The standard InChI is InChI=1S/C8H7NO3/c10-5-6-3-7-8(4-9-6)12-2-1-11-7/h3-5H,1-2H2/i5D. The molecule has 0 unspecified atom stereocenters. The monoisotopic (exact) mass is 166 g/mol. The van der Waals surface area contributed by atoms with Crippen molar-refractivity contribution in [1.29, 1.82) is 0 Å². The summed E-state index contributed by atoms with van der Waals surface area (Å²) in [6, 6.07) is 1.42. The summed E-state index contributed by atoms with van der Waals surface area (Å²) in [6.07, 6.45) is 0.577. The van der Waals surface area contributed by atoms with Gasteiger partial charge in [0, 0.05) is 6.07 Å². The maximum absolute atomic E-state index is 10.6. The number of hydrogen-bond donors (Lipinski definition) is 0. The minimum absolute atomic E-state index is 0.0734. The highest BCUT2D eigenvalue weighted by Crippen LogP contribution is 2.28. The first kappa shape index (κ1) is 5.99. The minimum atomic E-state index is -0.822. The second kappa shape index (κ2) is 2.81. The first-order valence-corrected chi connectivity index (χ1v) is 3.54. The van der Waals surface area contributed by atoms with Crippen molar-refractivity contribution in [2.75, 3.05) is 13.2 Å². The van der Waals surface area contributed by atoms with E-state index in [1.54, 1.807) is 0 Å². The van der Waals surface area contributed by atoms with E-state index >= 15 is 0 Å². The lowest BCUT2D eigenvalue weighted by Gasteiger charge is -2.17. The Labute approximate surface area is 70.5 Å². The molecule has 0 atom stereocenters. The van der Waals surface area contributed by atoms with Gasteiger partial charge in [0.2, 0.25) is 0 Å². The quantitative estimate of drug-likeness (QED) is 0.575. The van der Waals surface area contributed by atoms with E-state index < -0.39 is 6.26 Å². The van der Waals surface area contributed by atoms with E-state index in [2.05, 4.69) is 4.98 Å². The van der Waals surface area contributed by atoms with E-state index in [-0.39, 0.29) is 5.69 Å². The van der Waals surface area contributed by atoms with Crippen LogP contribution in [0.5, 0.6) is 11.5 Å². The molecule has 1 aromatic heterocycles. The first-order valence-electron chi connectivity index (χ1n) is 4.04.